The summed E-state index contributed by atoms with van der Waals surface area (Å²) >= 11 is 1.77. The van der Waals surface area contributed by atoms with E-state index in [0.29, 0.717) is 24.6 Å². The maximum absolute atomic E-state index is 12.6. The van der Waals surface area contributed by atoms with Gasteiger partial charge in [-0.25, -0.2) is 0 Å². The Hall–Kier alpha value is -1.85. The minimum absolute atomic E-state index is 0.0241. The van der Waals surface area contributed by atoms with Crippen LogP contribution in [-0.2, 0) is 0 Å². The van der Waals surface area contributed by atoms with Gasteiger partial charge in [0.05, 0.1) is 12.6 Å². The van der Waals surface area contributed by atoms with E-state index < -0.39 is 0 Å². The molecule has 0 aliphatic carbocycles. The Morgan fingerprint density at radius 2 is 1.89 bits per heavy atom. The molecular weight excluding hydrogens is 356 g/mol. The predicted molar refractivity (Wildman–Crippen MR) is 112 cm³/mol. The molecule has 0 saturated carbocycles. The van der Waals surface area contributed by atoms with E-state index >= 15 is 0 Å². The lowest BCUT2D eigenvalue weighted by Crippen LogP contribution is -2.40. The Morgan fingerprint density at radius 3 is 2.52 bits per heavy atom. The number of ether oxygens (including phenoxy) is 1. The van der Waals surface area contributed by atoms with Crippen molar-refractivity contribution in [1.82, 2.24) is 10.2 Å². The molecule has 0 bridgehead atoms. The Balaban J connectivity index is 1.58. The van der Waals surface area contributed by atoms with Crippen LogP contribution >= 0.6 is 11.3 Å². The van der Waals surface area contributed by atoms with Crippen LogP contribution in [-0.4, -0.2) is 37.0 Å². The fraction of sp³-hybridized carbons (Fsp3) is 0.500. The lowest BCUT2D eigenvalue weighted by Gasteiger charge is -2.34. The number of hydrogen-bond acceptors (Lipinski definition) is 4. The van der Waals surface area contributed by atoms with Crippen LogP contribution < -0.4 is 10.1 Å². The van der Waals surface area contributed by atoms with Gasteiger partial charge in [0.15, 0.2) is 0 Å². The largest absolute Gasteiger partial charge is 0.493 e. The average molecular weight is 387 g/mol. The van der Waals surface area contributed by atoms with Gasteiger partial charge in [0.1, 0.15) is 5.75 Å². The van der Waals surface area contributed by atoms with Gasteiger partial charge in [0.2, 0.25) is 0 Å². The van der Waals surface area contributed by atoms with E-state index in [4.69, 9.17) is 4.74 Å². The Kier molecular flexibility index (Phi) is 7.30. The third-order valence-corrected chi connectivity index (χ3v) is 5.83. The number of amides is 1. The maximum atomic E-state index is 12.6. The second-order valence-corrected chi connectivity index (χ2v) is 8.55. The first-order chi connectivity index (χ1) is 13.1. The molecular formula is C22H30N2O2S. The van der Waals surface area contributed by atoms with Gasteiger partial charge in [-0.05, 0) is 67.6 Å². The molecule has 0 spiro atoms. The van der Waals surface area contributed by atoms with Crippen molar-refractivity contribution in [2.75, 3.05) is 26.2 Å². The summed E-state index contributed by atoms with van der Waals surface area (Å²) in [5.41, 5.74) is 0.676. The summed E-state index contributed by atoms with van der Waals surface area (Å²) in [6, 6.07) is 12.0. The zero-order valence-electron chi connectivity index (χ0n) is 16.3. The number of hydrogen-bond donors (Lipinski definition) is 1. The molecule has 1 aromatic heterocycles. The van der Waals surface area contributed by atoms with Crippen LogP contribution in [0.25, 0.3) is 0 Å². The minimum atomic E-state index is -0.0241. The molecule has 1 saturated heterocycles. The quantitative estimate of drug-likeness (QED) is 0.712. The number of thiophene rings is 1. The molecule has 1 amide bonds. The van der Waals surface area contributed by atoms with Gasteiger partial charge in [-0.1, -0.05) is 26.3 Å². The third kappa shape index (κ3) is 5.81. The van der Waals surface area contributed by atoms with Gasteiger partial charge >= 0.3 is 0 Å². The summed E-state index contributed by atoms with van der Waals surface area (Å²) in [5, 5.41) is 5.25. The van der Waals surface area contributed by atoms with Crippen molar-refractivity contribution >= 4 is 17.2 Å². The van der Waals surface area contributed by atoms with Crippen molar-refractivity contribution in [1.29, 1.82) is 0 Å². The topological polar surface area (TPSA) is 41.6 Å². The number of nitrogens with zero attached hydrogens (tertiary/aromatic N) is 1. The van der Waals surface area contributed by atoms with Gasteiger partial charge in [0, 0.05) is 17.0 Å². The highest BCUT2D eigenvalue weighted by atomic mass is 32.1. The molecule has 1 aromatic carbocycles. The third-order valence-electron chi connectivity index (χ3n) is 4.86. The summed E-state index contributed by atoms with van der Waals surface area (Å²) in [6.45, 7) is 7.79. The molecule has 2 aromatic rings. The second-order valence-electron chi connectivity index (χ2n) is 7.57. The van der Waals surface area contributed by atoms with Crippen LogP contribution in [0.15, 0.2) is 41.8 Å². The normalized spacial score (nSPS) is 16.3. The summed E-state index contributed by atoms with van der Waals surface area (Å²) in [4.78, 5) is 16.5. The van der Waals surface area contributed by atoms with Gasteiger partial charge in [-0.3, -0.25) is 9.69 Å². The molecule has 5 heteroatoms. The molecule has 27 heavy (non-hydrogen) atoms. The minimum Gasteiger partial charge on any atom is -0.493 e. The monoisotopic (exact) mass is 386 g/mol. The van der Waals surface area contributed by atoms with E-state index in [1.807, 2.05) is 24.3 Å². The summed E-state index contributed by atoms with van der Waals surface area (Å²) in [5.74, 6) is 1.27. The highest BCUT2D eigenvalue weighted by molar-refractivity contribution is 7.10. The van der Waals surface area contributed by atoms with Crippen molar-refractivity contribution in [2.24, 2.45) is 5.92 Å². The van der Waals surface area contributed by atoms with Crippen molar-refractivity contribution < 1.29 is 9.53 Å². The number of carbonyl (C=O) groups excluding carboxylic acids is 1. The number of carbonyl (C=O) groups is 1. The summed E-state index contributed by atoms with van der Waals surface area (Å²) < 4.78 is 5.69. The highest BCUT2D eigenvalue weighted by Crippen LogP contribution is 2.27. The van der Waals surface area contributed by atoms with E-state index in [0.717, 1.165) is 18.8 Å². The maximum Gasteiger partial charge on any atom is 0.251 e. The van der Waals surface area contributed by atoms with Gasteiger partial charge < -0.3 is 10.1 Å². The lowest BCUT2D eigenvalue weighted by molar-refractivity contribution is 0.0925. The van der Waals surface area contributed by atoms with Crippen LogP contribution in [0.4, 0.5) is 0 Å². The average Bonchev–Trinajstić information content (AvgIpc) is 3.22. The van der Waals surface area contributed by atoms with E-state index in [2.05, 4.69) is 41.6 Å². The standard InChI is InChI=1S/C22H30N2O2S/c1-17(2)16-26-19-10-8-18(9-11-19)22(25)23-15-20(21-7-6-14-27-21)24-12-4-3-5-13-24/h6-11,14,17,20H,3-5,12-13,15-16H2,1-2H3,(H,23,25)/t20-/m0/s1. The Bertz CT molecular complexity index is 692. The van der Waals surface area contributed by atoms with Crippen molar-refractivity contribution in [3.8, 4) is 5.75 Å². The SMILES string of the molecule is CC(C)COc1ccc(C(=O)NC[C@@H](c2cccs2)N2CCCCC2)cc1. The van der Waals surface area contributed by atoms with Crippen molar-refractivity contribution in [2.45, 2.75) is 39.2 Å². The van der Waals surface area contributed by atoms with E-state index in [1.165, 1.54) is 24.1 Å². The van der Waals surface area contributed by atoms with E-state index in [-0.39, 0.29) is 11.9 Å². The second kappa shape index (κ2) is 9.90. The number of likely N-dealkylation sites (tertiary alicyclic amines) is 1. The Morgan fingerprint density at radius 1 is 1.15 bits per heavy atom. The first-order valence-corrected chi connectivity index (χ1v) is 10.8. The molecule has 1 atom stereocenters. The van der Waals surface area contributed by atoms with E-state index in [9.17, 15) is 4.79 Å². The molecule has 3 rings (SSSR count). The molecule has 2 heterocycles. The highest BCUT2D eigenvalue weighted by Gasteiger charge is 2.23. The van der Waals surface area contributed by atoms with Crippen molar-refractivity contribution in [3.63, 3.8) is 0 Å². The molecule has 1 aliphatic heterocycles. The molecule has 146 valence electrons. The van der Waals surface area contributed by atoms with E-state index in [1.54, 1.807) is 11.3 Å². The number of rotatable bonds is 8. The molecule has 0 unspecified atom stereocenters. The molecule has 0 radical (unpaired) electrons. The van der Waals surface area contributed by atoms with Crippen LogP contribution in [0.1, 0.15) is 54.4 Å². The van der Waals surface area contributed by atoms with Crippen LogP contribution in [0, 0.1) is 5.92 Å². The molecule has 1 N–H and O–H groups in total. The van der Waals surface area contributed by atoms with Crippen LogP contribution in [0.2, 0.25) is 0 Å². The number of nitrogens with one attached hydrogen (secondary N) is 1. The predicted octanol–water partition coefficient (Wildman–Crippen LogP) is 4.74. The van der Waals surface area contributed by atoms with Crippen LogP contribution in [0.5, 0.6) is 5.75 Å². The van der Waals surface area contributed by atoms with Gasteiger partial charge in [0.25, 0.3) is 5.91 Å². The molecule has 1 fully saturated rings. The van der Waals surface area contributed by atoms with Crippen molar-refractivity contribution in [3.05, 3.63) is 52.2 Å². The zero-order valence-corrected chi connectivity index (χ0v) is 17.1. The summed E-state index contributed by atoms with van der Waals surface area (Å²) in [7, 11) is 0. The lowest BCUT2D eigenvalue weighted by atomic mass is 10.1. The van der Waals surface area contributed by atoms with Gasteiger partial charge in [-0.15, -0.1) is 11.3 Å². The number of benzene rings is 1. The fourth-order valence-electron chi connectivity index (χ4n) is 3.38. The first-order valence-electron chi connectivity index (χ1n) is 9.92. The number of piperidine rings is 1. The smallest absolute Gasteiger partial charge is 0.251 e. The van der Waals surface area contributed by atoms with Gasteiger partial charge in [-0.2, -0.15) is 0 Å². The summed E-state index contributed by atoms with van der Waals surface area (Å²) in [6.07, 6.45) is 3.80. The molecule has 1 aliphatic rings. The Labute approximate surface area is 166 Å². The zero-order chi connectivity index (χ0) is 19.1. The molecule has 4 nitrogen and oxygen atoms in total. The van der Waals surface area contributed by atoms with Crippen LogP contribution in [0.3, 0.4) is 0 Å². The fourth-order valence-corrected chi connectivity index (χ4v) is 4.24. The first kappa shape index (κ1) is 19.9.